The van der Waals surface area contributed by atoms with Crippen LogP contribution in [0.15, 0.2) is 54.6 Å². The lowest BCUT2D eigenvalue weighted by Gasteiger charge is -2.30. The van der Waals surface area contributed by atoms with E-state index in [-0.39, 0.29) is 6.03 Å². The molecule has 0 spiro atoms. The Morgan fingerprint density at radius 2 is 2.00 bits per heavy atom. The van der Waals surface area contributed by atoms with Gasteiger partial charge < -0.3 is 16.0 Å². The number of nitrogens with one attached hydrogen (secondary N) is 3. The van der Waals surface area contributed by atoms with E-state index in [9.17, 15) is 4.79 Å². The third-order valence-corrected chi connectivity index (χ3v) is 4.80. The van der Waals surface area contributed by atoms with Crippen molar-refractivity contribution in [2.75, 3.05) is 18.4 Å². The van der Waals surface area contributed by atoms with Crippen molar-refractivity contribution in [3.05, 3.63) is 65.2 Å². The monoisotopic (exact) mass is 357 g/mol. The Kier molecular flexibility index (Phi) is 6.31. The Balaban J connectivity index is 1.44. The molecule has 2 amide bonds. The standard InChI is InChI=1S/C20H24ClN3O/c21-17-7-4-8-18(13-17)24-20(25)23-14-19-12-16(9-10-22-19)11-15-5-2-1-3-6-15/h1-8,13,16,19,22H,9-12,14H2,(H2,23,24,25)/t16-,19+/m0/s1. The molecule has 132 valence electrons. The largest absolute Gasteiger partial charge is 0.336 e. The lowest BCUT2D eigenvalue weighted by Crippen LogP contribution is -2.47. The minimum absolute atomic E-state index is 0.200. The molecular formula is C20H24ClN3O. The van der Waals surface area contributed by atoms with E-state index >= 15 is 0 Å². The lowest BCUT2D eigenvalue weighted by atomic mass is 9.87. The molecule has 5 heteroatoms. The van der Waals surface area contributed by atoms with Gasteiger partial charge in [-0.05, 0) is 55.5 Å². The summed E-state index contributed by atoms with van der Waals surface area (Å²) in [6.07, 6.45) is 3.36. The molecule has 2 atom stereocenters. The van der Waals surface area contributed by atoms with Gasteiger partial charge in [0.15, 0.2) is 0 Å². The SMILES string of the molecule is O=C(NC[C@H]1C[C@H](Cc2ccccc2)CCN1)Nc1cccc(Cl)c1. The van der Waals surface area contributed by atoms with Crippen molar-refractivity contribution in [1.29, 1.82) is 0 Å². The smallest absolute Gasteiger partial charge is 0.319 e. The van der Waals surface area contributed by atoms with E-state index in [0.717, 1.165) is 19.4 Å². The van der Waals surface area contributed by atoms with Crippen molar-refractivity contribution < 1.29 is 4.79 Å². The second-order valence-corrected chi connectivity index (χ2v) is 7.01. The van der Waals surface area contributed by atoms with Gasteiger partial charge in [0.25, 0.3) is 0 Å². The van der Waals surface area contributed by atoms with Crippen LogP contribution in [-0.4, -0.2) is 25.2 Å². The van der Waals surface area contributed by atoms with Gasteiger partial charge in [0.2, 0.25) is 0 Å². The van der Waals surface area contributed by atoms with Gasteiger partial charge in [-0.25, -0.2) is 4.79 Å². The van der Waals surface area contributed by atoms with Gasteiger partial charge in [-0.15, -0.1) is 0 Å². The van der Waals surface area contributed by atoms with Gasteiger partial charge in [-0.3, -0.25) is 0 Å². The Morgan fingerprint density at radius 1 is 1.16 bits per heavy atom. The van der Waals surface area contributed by atoms with E-state index in [4.69, 9.17) is 11.6 Å². The normalized spacial score (nSPS) is 20.0. The van der Waals surface area contributed by atoms with Crippen molar-refractivity contribution in [2.45, 2.75) is 25.3 Å². The minimum atomic E-state index is -0.200. The summed E-state index contributed by atoms with van der Waals surface area (Å²) in [5.41, 5.74) is 2.09. The fourth-order valence-corrected chi connectivity index (χ4v) is 3.53. The maximum Gasteiger partial charge on any atom is 0.319 e. The zero-order valence-electron chi connectivity index (χ0n) is 14.2. The molecule has 0 aromatic heterocycles. The maximum atomic E-state index is 12.0. The first-order chi connectivity index (χ1) is 12.2. The van der Waals surface area contributed by atoms with Crippen LogP contribution in [0.5, 0.6) is 0 Å². The Labute approximate surface area is 154 Å². The van der Waals surface area contributed by atoms with Crippen molar-refractivity contribution in [3.63, 3.8) is 0 Å². The number of piperidine rings is 1. The predicted octanol–water partition coefficient (Wildman–Crippen LogP) is 4.07. The van der Waals surface area contributed by atoms with Gasteiger partial charge >= 0.3 is 6.03 Å². The van der Waals surface area contributed by atoms with Gasteiger partial charge in [0.1, 0.15) is 0 Å². The molecule has 4 nitrogen and oxygen atoms in total. The predicted molar refractivity (Wildman–Crippen MR) is 103 cm³/mol. The Hall–Kier alpha value is -2.04. The van der Waals surface area contributed by atoms with E-state index < -0.39 is 0 Å². The number of rotatable bonds is 5. The maximum absolute atomic E-state index is 12.0. The molecular weight excluding hydrogens is 334 g/mol. The van der Waals surface area contributed by atoms with Crippen molar-refractivity contribution in [3.8, 4) is 0 Å². The van der Waals surface area contributed by atoms with Gasteiger partial charge in [0, 0.05) is 23.3 Å². The number of halogens is 1. The molecule has 0 bridgehead atoms. The molecule has 2 aromatic carbocycles. The summed E-state index contributed by atoms with van der Waals surface area (Å²) in [5, 5.41) is 9.87. The highest BCUT2D eigenvalue weighted by molar-refractivity contribution is 6.30. The fourth-order valence-electron chi connectivity index (χ4n) is 3.34. The number of urea groups is 1. The number of carbonyl (C=O) groups is 1. The molecule has 1 fully saturated rings. The van der Waals surface area contributed by atoms with Crippen molar-refractivity contribution in [1.82, 2.24) is 10.6 Å². The molecule has 0 saturated carbocycles. The number of hydrogen-bond acceptors (Lipinski definition) is 2. The summed E-state index contributed by atoms with van der Waals surface area (Å²) in [6.45, 7) is 1.62. The van der Waals surface area contributed by atoms with E-state index in [1.165, 1.54) is 12.0 Å². The average Bonchev–Trinajstić information content (AvgIpc) is 2.61. The summed E-state index contributed by atoms with van der Waals surface area (Å²) in [5.74, 6) is 0.659. The van der Waals surface area contributed by atoms with Crippen LogP contribution in [0.1, 0.15) is 18.4 Å². The topological polar surface area (TPSA) is 53.2 Å². The summed E-state index contributed by atoms with van der Waals surface area (Å²) in [7, 11) is 0. The first kappa shape index (κ1) is 17.8. The highest BCUT2D eigenvalue weighted by Crippen LogP contribution is 2.21. The highest BCUT2D eigenvalue weighted by atomic mass is 35.5. The molecule has 3 N–H and O–H groups in total. The Bertz CT molecular complexity index is 692. The van der Waals surface area contributed by atoms with E-state index in [1.807, 2.05) is 12.1 Å². The molecule has 25 heavy (non-hydrogen) atoms. The summed E-state index contributed by atoms with van der Waals surface area (Å²) in [4.78, 5) is 12.0. The number of benzene rings is 2. The molecule has 1 saturated heterocycles. The highest BCUT2D eigenvalue weighted by Gasteiger charge is 2.22. The van der Waals surface area contributed by atoms with Crippen LogP contribution >= 0.6 is 11.6 Å². The summed E-state index contributed by atoms with van der Waals surface area (Å²) < 4.78 is 0. The van der Waals surface area contributed by atoms with Crippen LogP contribution in [0.4, 0.5) is 10.5 Å². The van der Waals surface area contributed by atoms with Crippen molar-refractivity contribution in [2.24, 2.45) is 5.92 Å². The van der Waals surface area contributed by atoms with Crippen LogP contribution < -0.4 is 16.0 Å². The second-order valence-electron chi connectivity index (χ2n) is 6.58. The van der Waals surface area contributed by atoms with Gasteiger partial charge in [0.05, 0.1) is 0 Å². The minimum Gasteiger partial charge on any atom is -0.336 e. The fraction of sp³-hybridized carbons (Fsp3) is 0.350. The third kappa shape index (κ3) is 5.76. The molecule has 3 rings (SSSR count). The average molecular weight is 358 g/mol. The molecule has 0 aliphatic carbocycles. The van der Waals surface area contributed by atoms with E-state index in [0.29, 0.717) is 29.2 Å². The van der Waals surface area contributed by atoms with Crippen molar-refractivity contribution >= 4 is 23.3 Å². The first-order valence-electron chi connectivity index (χ1n) is 8.77. The molecule has 1 aliphatic rings. The number of amides is 2. The second kappa shape index (κ2) is 8.88. The van der Waals surface area contributed by atoms with Crippen LogP contribution in [0.3, 0.4) is 0 Å². The van der Waals surface area contributed by atoms with Crippen LogP contribution in [-0.2, 0) is 6.42 Å². The van der Waals surface area contributed by atoms with Crippen LogP contribution in [0.25, 0.3) is 0 Å². The molecule has 1 aliphatic heterocycles. The summed E-state index contributed by atoms with van der Waals surface area (Å²) >= 11 is 5.93. The third-order valence-electron chi connectivity index (χ3n) is 4.56. The zero-order chi connectivity index (χ0) is 17.5. The number of carbonyl (C=O) groups excluding carboxylic acids is 1. The van der Waals surface area contributed by atoms with Crippen LogP contribution in [0, 0.1) is 5.92 Å². The quantitative estimate of drug-likeness (QED) is 0.755. The first-order valence-corrected chi connectivity index (χ1v) is 9.14. The summed E-state index contributed by atoms with van der Waals surface area (Å²) in [6, 6.07) is 17.9. The molecule has 2 aromatic rings. The lowest BCUT2D eigenvalue weighted by molar-refractivity contribution is 0.246. The van der Waals surface area contributed by atoms with Crippen LogP contribution in [0.2, 0.25) is 5.02 Å². The zero-order valence-corrected chi connectivity index (χ0v) is 14.9. The molecule has 1 heterocycles. The number of anilines is 1. The van der Waals surface area contributed by atoms with E-state index in [1.54, 1.807) is 12.1 Å². The number of hydrogen-bond donors (Lipinski definition) is 3. The molecule has 0 radical (unpaired) electrons. The van der Waals surface area contributed by atoms with Gasteiger partial charge in [-0.1, -0.05) is 48.0 Å². The Morgan fingerprint density at radius 3 is 2.80 bits per heavy atom. The van der Waals surface area contributed by atoms with E-state index in [2.05, 4.69) is 46.3 Å². The molecule has 0 unspecified atom stereocenters. The van der Waals surface area contributed by atoms with Gasteiger partial charge in [-0.2, -0.15) is 0 Å².